The Kier molecular flexibility index (Phi) is 4.10. The van der Waals surface area contributed by atoms with Gasteiger partial charge in [-0.1, -0.05) is 45.0 Å². The number of hydrogen-bond donors (Lipinski definition) is 1. The molecule has 1 fully saturated rings. The molecule has 0 bridgehead atoms. The van der Waals surface area contributed by atoms with Crippen molar-refractivity contribution >= 4 is 5.78 Å². The molecule has 2 heteroatoms. The predicted molar refractivity (Wildman–Crippen MR) is 79.5 cm³/mol. The van der Waals surface area contributed by atoms with Gasteiger partial charge in [-0.15, -0.1) is 0 Å². The molecule has 104 valence electrons. The summed E-state index contributed by atoms with van der Waals surface area (Å²) in [5.41, 5.74) is 2.76. The van der Waals surface area contributed by atoms with Crippen LogP contribution in [0, 0.1) is 0 Å². The van der Waals surface area contributed by atoms with Gasteiger partial charge in [-0.3, -0.25) is 4.79 Å². The van der Waals surface area contributed by atoms with Crippen LogP contribution in [0.1, 0.15) is 51.7 Å². The molecule has 0 heterocycles. The van der Waals surface area contributed by atoms with Crippen LogP contribution < -0.4 is 5.32 Å². The maximum Gasteiger partial charge on any atom is 0.147 e. The van der Waals surface area contributed by atoms with Crippen molar-refractivity contribution in [2.75, 3.05) is 0 Å². The molecule has 1 aliphatic rings. The zero-order valence-electron chi connectivity index (χ0n) is 12.5. The Labute approximate surface area is 116 Å². The van der Waals surface area contributed by atoms with Crippen LogP contribution in [0.3, 0.4) is 0 Å². The lowest BCUT2D eigenvalue weighted by molar-refractivity contribution is -0.119. The maximum absolute atomic E-state index is 11.7. The highest BCUT2D eigenvalue weighted by Crippen LogP contribution is 2.23. The summed E-state index contributed by atoms with van der Waals surface area (Å²) in [6.45, 7) is 8.34. The molecule has 2 nitrogen and oxygen atoms in total. The van der Waals surface area contributed by atoms with E-state index in [2.05, 4.69) is 50.4 Å². The first-order valence-corrected chi connectivity index (χ1v) is 7.22. The van der Waals surface area contributed by atoms with E-state index in [0.29, 0.717) is 6.04 Å². The molecule has 0 radical (unpaired) electrons. The summed E-state index contributed by atoms with van der Waals surface area (Å²) < 4.78 is 0. The summed E-state index contributed by atoms with van der Waals surface area (Å²) in [7, 11) is 0. The van der Waals surface area contributed by atoms with Crippen LogP contribution in [0.25, 0.3) is 0 Å². The summed E-state index contributed by atoms with van der Waals surface area (Å²) in [4.78, 5) is 11.7. The standard InChI is InChI=1S/C17H25NO/c1-12(19)16(18-15-9-10-15)11-13-5-7-14(8-6-13)17(2,3)4/h5-8,15-16,18H,9-11H2,1-4H3. The maximum atomic E-state index is 11.7. The predicted octanol–water partition coefficient (Wildman–Crippen LogP) is 3.24. The molecule has 1 aliphatic carbocycles. The molecule has 1 atom stereocenters. The van der Waals surface area contributed by atoms with Gasteiger partial charge in [0.15, 0.2) is 0 Å². The third-order valence-electron chi connectivity index (χ3n) is 3.76. The number of nitrogens with one attached hydrogen (secondary N) is 1. The fraction of sp³-hybridized carbons (Fsp3) is 0.588. The van der Waals surface area contributed by atoms with Gasteiger partial charge in [0.1, 0.15) is 5.78 Å². The topological polar surface area (TPSA) is 29.1 Å². The van der Waals surface area contributed by atoms with E-state index in [9.17, 15) is 4.79 Å². The van der Waals surface area contributed by atoms with E-state index >= 15 is 0 Å². The molecular weight excluding hydrogens is 234 g/mol. The smallest absolute Gasteiger partial charge is 0.147 e. The van der Waals surface area contributed by atoms with Crippen LogP contribution in [0.5, 0.6) is 0 Å². The Morgan fingerprint density at radius 2 is 1.84 bits per heavy atom. The molecule has 0 saturated heterocycles. The fourth-order valence-corrected chi connectivity index (χ4v) is 2.23. The zero-order chi connectivity index (χ0) is 14.0. The first-order chi connectivity index (χ1) is 8.86. The molecule has 0 aromatic heterocycles. The average Bonchev–Trinajstić information content (AvgIpc) is 3.11. The van der Waals surface area contributed by atoms with Gasteiger partial charge in [0.05, 0.1) is 6.04 Å². The molecule has 0 spiro atoms. The molecule has 1 saturated carbocycles. The van der Waals surface area contributed by atoms with Crippen LogP contribution in [-0.2, 0) is 16.6 Å². The van der Waals surface area contributed by atoms with Gasteiger partial charge in [-0.05, 0) is 42.7 Å². The van der Waals surface area contributed by atoms with Gasteiger partial charge in [-0.2, -0.15) is 0 Å². The zero-order valence-corrected chi connectivity index (χ0v) is 12.5. The first kappa shape index (κ1) is 14.3. The van der Waals surface area contributed by atoms with E-state index in [4.69, 9.17) is 0 Å². The monoisotopic (exact) mass is 259 g/mol. The van der Waals surface area contributed by atoms with E-state index in [-0.39, 0.29) is 17.2 Å². The molecule has 1 N–H and O–H groups in total. The van der Waals surface area contributed by atoms with Crippen molar-refractivity contribution in [1.29, 1.82) is 0 Å². The third kappa shape index (κ3) is 4.17. The lowest BCUT2D eigenvalue weighted by Crippen LogP contribution is -2.38. The summed E-state index contributed by atoms with van der Waals surface area (Å²) in [6, 6.07) is 9.24. The van der Waals surface area contributed by atoms with Crippen molar-refractivity contribution in [3.63, 3.8) is 0 Å². The van der Waals surface area contributed by atoms with E-state index in [1.165, 1.54) is 24.0 Å². The molecule has 19 heavy (non-hydrogen) atoms. The summed E-state index contributed by atoms with van der Waals surface area (Å²) in [6.07, 6.45) is 3.23. The minimum absolute atomic E-state index is 0.0204. The van der Waals surface area contributed by atoms with Crippen molar-refractivity contribution in [3.05, 3.63) is 35.4 Å². The minimum Gasteiger partial charge on any atom is -0.304 e. The van der Waals surface area contributed by atoms with Gasteiger partial charge >= 0.3 is 0 Å². The number of hydrogen-bond acceptors (Lipinski definition) is 2. The molecule has 0 aliphatic heterocycles. The highest BCUT2D eigenvalue weighted by molar-refractivity contribution is 5.81. The van der Waals surface area contributed by atoms with Crippen LogP contribution in [0.15, 0.2) is 24.3 Å². The van der Waals surface area contributed by atoms with E-state index < -0.39 is 0 Å². The number of ketones is 1. The van der Waals surface area contributed by atoms with E-state index in [1.54, 1.807) is 6.92 Å². The first-order valence-electron chi connectivity index (χ1n) is 7.22. The molecule has 1 aromatic carbocycles. The van der Waals surface area contributed by atoms with Crippen LogP contribution >= 0.6 is 0 Å². The second-order valence-electron chi connectivity index (χ2n) is 6.76. The van der Waals surface area contributed by atoms with Crippen molar-refractivity contribution in [3.8, 4) is 0 Å². The lowest BCUT2D eigenvalue weighted by atomic mass is 9.86. The normalized spacial score (nSPS) is 17.3. The Hall–Kier alpha value is -1.15. The van der Waals surface area contributed by atoms with Gasteiger partial charge in [0.25, 0.3) is 0 Å². The van der Waals surface area contributed by atoms with Crippen molar-refractivity contribution in [2.45, 2.75) is 64.5 Å². The Bertz CT molecular complexity index is 437. The van der Waals surface area contributed by atoms with Gasteiger partial charge in [-0.25, -0.2) is 0 Å². The lowest BCUT2D eigenvalue weighted by Gasteiger charge is -2.20. The molecule has 0 amide bonds. The number of rotatable bonds is 5. The molecule has 1 aromatic rings. The Morgan fingerprint density at radius 3 is 2.26 bits per heavy atom. The summed E-state index contributed by atoms with van der Waals surface area (Å²) in [5, 5.41) is 3.43. The molecule has 2 rings (SSSR count). The highest BCUT2D eigenvalue weighted by Gasteiger charge is 2.26. The quantitative estimate of drug-likeness (QED) is 0.879. The summed E-state index contributed by atoms with van der Waals surface area (Å²) >= 11 is 0. The molecule has 1 unspecified atom stereocenters. The average molecular weight is 259 g/mol. The van der Waals surface area contributed by atoms with Gasteiger partial charge < -0.3 is 5.32 Å². The van der Waals surface area contributed by atoms with Crippen molar-refractivity contribution in [1.82, 2.24) is 5.32 Å². The number of Topliss-reactive ketones (excluding diaryl/α,β-unsaturated/α-hetero) is 1. The Morgan fingerprint density at radius 1 is 1.26 bits per heavy atom. The van der Waals surface area contributed by atoms with Crippen LogP contribution in [0.2, 0.25) is 0 Å². The summed E-state index contributed by atoms with van der Waals surface area (Å²) in [5.74, 6) is 0.242. The van der Waals surface area contributed by atoms with E-state index in [0.717, 1.165) is 6.42 Å². The van der Waals surface area contributed by atoms with Gasteiger partial charge in [0, 0.05) is 6.04 Å². The fourth-order valence-electron chi connectivity index (χ4n) is 2.23. The largest absolute Gasteiger partial charge is 0.304 e. The van der Waals surface area contributed by atoms with Crippen molar-refractivity contribution < 1.29 is 4.79 Å². The van der Waals surface area contributed by atoms with E-state index in [1.807, 2.05) is 0 Å². The number of carbonyl (C=O) groups is 1. The van der Waals surface area contributed by atoms with Crippen LogP contribution in [0.4, 0.5) is 0 Å². The number of benzene rings is 1. The van der Waals surface area contributed by atoms with Crippen LogP contribution in [-0.4, -0.2) is 17.9 Å². The second-order valence-corrected chi connectivity index (χ2v) is 6.76. The SMILES string of the molecule is CC(=O)C(Cc1ccc(C(C)(C)C)cc1)NC1CC1. The minimum atomic E-state index is -0.0204. The number of carbonyl (C=O) groups excluding carboxylic acids is 1. The highest BCUT2D eigenvalue weighted by atomic mass is 16.1. The van der Waals surface area contributed by atoms with Gasteiger partial charge in [0.2, 0.25) is 0 Å². The Balaban J connectivity index is 2.02. The van der Waals surface area contributed by atoms with Crippen molar-refractivity contribution in [2.24, 2.45) is 0 Å². The molecular formula is C17H25NO. The third-order valence-corrected chi connectivity index (χ3v) is 3.76. The second kappa shape index (κ2) is 5.46.